The van der Waals surface area contributed by atoms with Crippen LogP contribution in [0.2, 0.25) is 0 Å². The van der Waals surface area contributed by atoms with Crippen LogP contribution in [0.15, 0.2) is 40.8 Å². The van der Waals surface area contributed by atoms with Crippen molar-refractivity contribution >= 4 is 21.6 Å². The number of anilines is 1. The van der Waals surface area contributed by atoms with E-state index >= 15 is 0 Å². The second kappa shape index (κ2) is 9.57. The summed E-state index contributed by atoms with van der Waals surface area (Å²) in [5.41, 5.74) is 0.508. The highest BCUT2D eigenvalue weighted by Crippen LogP contribution is 2.27. The molecule has 174 valence electrons. The number of carbonyl (C=O) groups is 1. The summed E-state index contributed by atoms with van der Waals surface area (Å²) in [7, 11) is -3.13. The number of hydrogen-bond acceptors (Lipinski definition) is 6. The molecule has 1 aromatic heterocycles. The Kier molecular flexibility index (Phi) is 6.79. The fraction of sp³-hybridized carbons (Fsp3) is 0.542. The number of piperidine rings is 1. The number of hydrogen-bond donors (Lipinski definition) is 0. The Morgan fingerprint density at radius 2 is 1.84 bits per heavy atom. The van der Waals surface area contributed by atoms with E-state index in [0.29, 0.717) is 23.5 Å². The van der Waals surface area contributed by atoms with Gasteiger partial charge in [0.1, 0.15) is 11.5 Å². The third-order valence-electron chi connectivity index (χ3n) is 6.02. The predicted octanol–water partition coefficient (Wildman–Crippen LogP) is 3.89. The van der Waals surface area contributed by atoms with E-state index in [9.17, 15) is 13.2 Å². The SMILES string of the molecule is CC(C)Oc1ccc(C(=O)N(Cc2ccc(N3CCCCC3)o2)C2CCS(=O)(=O)C2)cc1. The van der Waals surface area contributed by atoms with Crippen molar-refractivity contribution in [3.8, 4) is 5.75 Å². The van der Waals surface area contributed by atoms with Gasteiger partial charge in [-0.1, -0.05) is 0 Å². The van der Waals surface area contributed by atoms with Gasteiger partial charge in [0.25, 0.3) is 5.91 Å². The van der Waals surface area contributed by atoms with E-state index in [1.165, 1.54) is 6.42 Å². The van der Waals surface area contributed by atoms with E-state index in [0.717, 1.165) is 31.8 Å². The first kappa shape index (κ1) is 22.7. The molecule has 1 atom stereocenters. The van der Waals surface area contributed by atoms with Crippen LogP contribution in [0.1, 0.15) is 55.6 Å². The number of ether oxygens (including phenoxy) is 1. The largest absolute Gasteiger partial charge is 0.491 e. The van der Waals surface area contributed by atoms with Gasteiger partial charge in [-0.15, -0.1) is 0 Å². The maximum atomic E-state index is 13.4. The molecule has 2 aliphatic rings. The maximum absolute atomic E-state index is 13.4. The van der Waals surface area contributed by atoms with Crippen molar-refractivity contribution in [1.82, 2.24) is 4.90 Å². The number of sulfone groups is 1. The standard InChI is InChI=1S/C24H32N2O5S/c1-18(2)30-21-8-6-19(7-9-21)24(27)26(20-12-15-32(28,29)17-20)16-22-10-11-23(31-22)25-13-4-3-5-14-25/h6-11,18,20H,3-5,12-17H2,1-2H3. The highest BCUT2D eigenvalue weighted by Gasteiger charge is 2.35. The number of amides is 1. The smallest absolute Gasteiger partial charge is 0.254 e. The fourth-order valence-electron chi connectivity index (χ4n) is 4.41. The lowest BCUT2D eigenvalue weighted by Crippen LogP contribution is -2.40. The quantitative estimate of drug-likeness (QED) is 0.624. The zero-order valence-corrected chi connectivity index (χ0v) is 19.6. The summed E-state index contributed by atoms with van der Waals surface area (Å²) in [6.45, 7) is 6.09. The van der Waals surface area contributed by atoms with Crippen LogP contribution in [-0.2, 0) is 16.4 Å². The number of benzene rings is 1. The van der Waals surface area contributed by atoms with Crippen LogP contribution in [0.5, 0.6) is 5.75 Å². The minimum atomic E-state index is -3.13. The molecular formula is C24H32N2O5S. The Hall–Kier alpha value is -2.48. The van der Waals surface area contributed by atoms with E-state index in [1.54, 1.807) is 29.2 Å². The third kappa shape index (κ3) is 5.46. The highest BCUT2D eigenvalue weighted by molar-refractivity contribution is 7.91. The molecule has 0 aliphatic carbocycles. The molecule has 0 spiro atoms. The number of carbonyl (C=O) groups excluding carboxylic acids is 1. The van der Waals surface area contributed by atoms with Crippen molar-refractivity contribution in [2.24, 2.45) is 0 Å². The second-order valence-electron chi connectivity index (χ2n) is 8.97. The van der Waals surface area contributed by atoms with Gasteiger partial charge in [-0.05, 0) is 69.9 Å². The van der Waals surface area contributed by atoms with Crippen molar-refractivity contribution in [1.29, 1.82) is 0 Å². The first-order chi connectivity index (χ1) is 15.3. The Morgan fingerprint density at radius 1 is 1.12 bits per heavy atom. The van der Waals surface area contributed by atoms with Gasteiger partial charge < -0.3 is 19.0 Å². The number of nitrogens with zero attached hydrogens (tertiary/aromatic N) is 2. The maximum Gasteiger partial charge on any atom is 0.254 e. The lowest BCUT2D eigenvalue weighted by molar-refractivity contribution is 0.0666. The summed E-state index contributed by atoms with van der Waals surface area (Å²) in [4.78, 5) is 17.3. The van der Waals surface area contributed by atoms with Crippen LogP contribution < -0.4 is 9.64 Å². The van der Waals surface area contributed by atoms with Gasteiger partial charge in [0.05, 0.1) is 24.2 Å². The first-order valence-corrected chi connectivity index (χ1v) is 13.2. The van der Waals surface area contributed by atoms with Crippen molar-refractivity contribution in [3.63, 3.8) is 0 Å². The van der Waals surface area contributed by atoms with Crippen LogP contribution in [0.25, 0.3) is 0 Å². The molecule has 8 heteroatoms. The summed E-state index contributed by atoms with van der Waals surface area (Å²) >= 11 is 0. The zero-order valence-electron chi connectivity index (χ0n) is 18.8. The molecule has 1 amide bonds. The summed E-state index contributed by atoms with van der Waals surface area (Å²) < 4.78 is 36.0. The Balaban J connectivity index is 1.54. The minimum absolute atomic E-state index is 0.00697. The molecule has 2 fully saturated rings. The third-order valence-corrected chi connectivity index (χ3v) is 7.77. The Bertz CT molecular complexity index is 1020. The van der Waals surface area contributed by atoms with Gasteiger partial charge >= 0.3 is 0 Å². The average molecular weight is 461 g/mol. The normalized spacial score (nSPS) is 20.5. The molecule has 0 saturated carbocycles. The van der Waals surface area contributed by atoms with E-state index in [4.69, 9.17) is 9.15 Å². The first-order valence-electron chi connectivity index (χ1n) is 11.4. The fourth-order valence-corrected chi connectivity index (χ4v) is 6.14. The van der Waals surface area contributed by atoms with Gasteiger partial charge in [0, 0.05) is 30.8 Å². The number of rotatable bonds is 7. The molecule has 2 aromatic rings. The second-order valence-corrected chi connectivity index (χ2v) is 11.2. The molecule has 4 rings (SSSR count). The summed E-state index contributed by atoms with van der Waals surface area (Å²) in [5.74, 6) is 2.10. The Morgan fingerprint density at radius 3 is 2.47 bits per heavy atom. The van der Waals surface area contributed by atoms with Crippen molar-refractivity contribution < 1.29 is 22.4 Å². The molecule has 1 unspecified atom stereocenters. The molecule has 32 heavy (non-hydrogen) atoms. The topological polar surface area (TPSA) is 80.1 Å². The monoisotopic (exact) mass is 460 g/mol. The van der Waals surface area contributed by atoms with Gasteiger partial charge in [-0.2, -0.15) is 0 Å². The van der Waals surface area contributed by atoms with Crippen LogP contribution in [-0.4, -0.2) is 56.0 Å². The highest BCUT2D eigenvalue weighted by atomic mass is 32.2. The van der Waals surface area contributed by atoms with E-state index in [2.05, 4.69) is 4.90 Å². The van der Waals surface area contributed by atoms with Crippen molar-refractivity contribution in [3.05, 3.63) is 47.7 Å². The number of furan rings is 1. The van der Waals surface area contributed by atoms with Gasteiger partial charge in [0.15, 0.2) is 15.7 Å². The van der Waals surface area contributed by atoms with Crippen LogP contribution in [0.3, 0.4) is 0 Å². The van der Waals surface area contributed by atoms with Crippen molar-refractivity contribution in [2.45, 2.75) is 58.2 Å². The molecule has 0 bridgehead atoms. The summed E-state index contributed by atoms with van der Waals surface area (Å²) in [6.07, 6.45) is 4.03. The molecule has 1 aromatic carbocycles. The predicted molar refractivity (Wildman–Crippen MR) is 124 cm³/mol. The average Bonchev–Trinajstić information content (AvgIpc) is 3.38. The van der Waals surface area contributed by atoms with Gasteiger partial charge in [-0.25, -0.2) is 8.42 Å². The molecule has 3 heterocycles. The summed E-state index contributed by atoms with van der Waals surface area (Å²) in [6, 6.07) is 10.5. The van der Waals surface area contributed by atoms with E-state index < -0.39 is 9.84 Å². The molecule has 0 radical (unpaired) electrons. The lowest BCUT2D eigenvalue weighted by Gasteiger charge is -2.28. The molecule has 2 saturated heterocycles. The van der Waals surface area contributed by atoms with Gasteiger partial charge in [-0.3, -0.25) is 4.79 Å². The summed E-state index contributed by atoms with van der Waals surface area (Å²) in [5, 5.41) is 0. The Labute approximate surface area is 190 Å². The van der Waals surface area contributed by atoms with Crippen LogP contribution in [0, 0.1) is 0 Å². The van der Waals surface area contributed by atoms with Crippen LogP contribution >= 0.6 is 0 Å². The molecule has 0 N–H and O–H groups in total. The molecule has 2 aliphatic heterocycles. The molecule has 7 nitrogen and oxygen atoms in total. The van der Waals surface area contributed by atoms with Gasteiger partial charge in [0.2, 0.25) is 0 Å². The van der Waals surface area contributed by atoms with Crippen molar-refractivity contribution in [2.75, 3.05) is 29.5 Å². The molecular weight excluding hydrogens is 428 g/mol. The van der Waals surface area contributed by atoms with E-state index in [-0.39, 0.29) is 36.1 Å². The lowest BCUT2D eigenvalue weighted by atomic mass is 10.1. The zero-order chi connectivity index (χ0) is 22.7. The van der Waals surface area contributed by atoms with Crippen LogP contribution in [0.4, 0.5) is 5.88 Å². The minimum Gasteiger partial charge on any atom is -0.491 e. The van der Waals surface area contributed by atoms with E-state index in [1.807, 2.05) is 26.0 Å².